The average Bonchev–Trinajstić information content (AvgIpc) is 2.25. The second kappa shape index (κ2) is 4.12. The number of ether oxygens (including phenoxy) is 1. The molecule has 2 N–H and O–H groups in total. The number of esters is 1. The Bertz CT molecular complexity index is 240. The molecule has 0 aromatic rings. The van der Waals surface area contributed by atoms with Crippen LogP contribution in [0.25, 0.3) is 0 Å². The van der Waals surface area contributed by atoms with Crippen LogP contribution in [0, 0.1) is 11.8 Å². The Kier molecular flexibility index (Phi) is 3.01. The van der Waals surface area contributed by atoms with Gasteiger partial charge in [0.15, 0.2) is 0 Å². The molecule has 0 aliphatic heterocycles. The van der Waals surface area contributed by atoms with Crippen molar-refractivity contribution < 1.29 is 9.53 Å². The second-order valence-corrected chi connectivity index (χ2v) is 5.21. The maximum Gasteiger partial charge on any atom is 0.325 e. The molecule has 0 atom stereocenters. The zero-order valence-corrected chi connectivity index (χ0v) is 9.50. The van der Waals surface area contributed by atoms with Crippen LogP contribution in [0.5, 0.6) is 0 Å². The van der Waals surface area contributed by atoms with Crippen molar-refractivity contribution in [3.63, 3.8) is 0 Å². The van der Waals surface area contributed by atoms with Gasteiger partial charge in [-0.3, -0.25) is 4.79 Å². The van der Waals surface area contributed by atoms with E-state index in [9.17, 15) is 4.79 Å². The molecule has 0 radical (unpaired) electrons. The van der Waals surface area contributed by atoms with Crippen LogP contribution in [0.15, 0.2) is 0 Å². The lowest BCUT2D eigenvalue weighted by Crippen LogP contribution is -2.59. The highest BCUT2D eigenvalue weighted by molar-refractivity contribution is 5.81. The molecule has 0 bridgehead atoms. The van der Waals surface area contributed by atoms with Gasteiger partial charge in [-0.25, -0.2) is 0 Å². The van der Waals surface area contributed by atoms with Crippen molar-refractivity contribution in [2.24, 2.45) is 17.6 Å². The number of nitrogens with two attached hydrogens (primary N) is 1. The topological polar surface area (TPSA) is 52.3 Å². The van der Waals surface area contributed by atoms with E-state index in [1.807, 2.05) is 0 Å². The normalized spacial score (nSPS) is 37.1. The quantitative estimate of drug-likeness (QED) is 0.709. The Balaban J connectivity index is 1.83. The zero-order chi connectivity index (χ0) is 10.9. The van der Waals surface area contributed by atoms with E-state index >= 15 is 0 Å². The lowest BCUT2D eigenvalue weighted by molar-refractivity contribution is -0.154. The van der Waals surface area contributed by atoms with Crippen molar-refractivity contribution in [3.8, 4) is 0 Å². The molecule has 15 heavy (non-hydrogen) atoms. The molecule has 2 saturated carbocycles. The van der Waals surface area contributed by atoms with Crippen molar-refractivity contribution >= 4 is 5.97 Å². The van der Waals surface area contributed by atoms with E-state index in [-0.39, 0.29) is 5.97 Å². The largest absolute Gasteiger partial charge is 0.468 e. The highest BCUT2D eigenvalue weighted by Gasteiger charge is 2.50. The van der Waals surface area contributed by atoms with Crippen LogP contribution in [-0.2, 0) is 9.53 Å². The molecule has 0 spiro atoms. The predicted molar refractivity (Wildman–Crippen MR) is 58.2 cm³/mol. The summed E-state index contributed by atoms with van der Waals surface area (Å²) in [6.07, 6.45) is 8.44. The van der Waals surface area contributed by atoms with Crippen molar-refractivity contribution in [3.05, 3.63) is 0 Å². The highest BCUT2D eigenvalue weighted by atomic mass is 16.5. The van der Waals surface area contributed by atoms with Gasteiger partial charge in [0, 0.05) is 0 Å². The molecule has 0 amide bonds. The van der Waals surface area contributed by atoms with Gasteiger partial charge < -0.3 is 10.5 Å². The molecule has 3 nitrogen and oxygen atoms in total. The van der Waals surface area contributed by atoms with E-state index < -0.39 is 5.54 Å². The van der Waals surface area contributed by atoms with E-state index in [0.29, 0.717) is 5.92 Å². The van der Waals surface area contributed by atoms with Gasteiger partial charge in [0.1, 0.15) is 5.54 Å². The van der Waals surface area contributed by atoms with Gasteiger partial charge in [-0.05, 0) is 24.7 Å². The molecule has 2 aliphatic carbocycles. The first-order valence-electron chi connectivity index (χ1n) is 6.03. The van der Waals surface area contributed by atoms with Crippen molar-refractivity contribution in [1.29, 1.82) is 0 Å². The molecule has 86 valence electrons. The minimum Gasteiger partial charge on any atom is -0.468 e. The SMILES string of the molecule is COC(=O)C1(N)CC(C2CCCCC2)C1. The van der Waals surface area contributed by atoms with Gasteiger partial charge in [0.05, 0.1) is 7.11 Å². The van der Waals surface area contributed by atoms with Gasteiger partial charge in [-0.2, -0.15) is 0 Å². The molecule has 2 rings (SSSR count). The summed E-state index contributed by atoms with van der Waals surface area (Å²) in [6, 6.07) is 0. The zero-order valence-electron chi connectivity index (χ0n) is 9.50. The van der Waals surface area contributed by atoms with Gasteiger partial charge in [0.25, 0.3) is 0 Å². The lowest BCUT2D eigenvalue weighted by atomic mass is 9.61. The summed E-state index contributed by atoms with van der Waals surface area (Å²) in [5.41, 5.74) is 5.32. The minimum absolute atomic E-state index is 0.227. The van der Waals surface area contributed by atoms with Gasteiger partial charge in [-0.15, -0.1) is 0 Å². The number of hydrogen-bond donors (Lipinski definition) is 1. The monoisotopic (exact) mass is 211 g/mol. The molecule has 3 heteroatoms. The fourth-order valence-electron chi connectivity index (χ4n) is 3.18. The van der Waals surface area contributed by atoms with Crippen LogP contribution in [-0.4, -0.2) is 18.6 Å². The Morgan fingerprint density at radius 1 is 1.20 bits per heavy atom. The Morgan fingerprint density at radius 3 is 2.33 bits per heavy atom. The van der Waals surface area contributed by atoms with Crippen LogP contribution in [0.2, 0.25) is 0 Å². The Labute approximate surface area is 91.4 Å². The molecule has 0 aromatic carbocycles. The van der Waals surface area contributed by atoms with Crippen LogP contribution in [0.3, 0.4) is 0 Å². The van der Waals surface area contributed by atoms with Gasteiger partial charge in [-0.1, -0.05) is 32.1 Å². The number of carbonyl (C=O) groups is 1. The molecule has 0 heterocycles. The summed E-state index contributed by atoms with van der Waals surface area (Å²) in [7, 11) is 1.42. The second-order valence-electron chi connectivity index (χ2n) is 5.21. The Hall–Kier alpha value is -0.570. The summed E-state index contributed by atoms with van der Waals surface area (Å²) >= 11 is 0. The molecule has 0 saturated heterocycles. The predicted octanol–water partition coefficient (Wildman–Crippen LogP) is 1.85. The third kappa shape index (κ3) is 2.03. The van der Waals surface area contributed by atoms with E-state index in [0.717, 1.165) is 18.8 Å². The number of hydrogen-bond acceptors (Lipinski definition) is 3. The third-order valence-electron chi connectivity index (χ3n) is 4.16. The fraction of sp³-hybridized carbons (Fsp3) is 0.917. The van der Waals surface area contributed by atoms with Crippen LogP contribution in [0.1, 0.15) is 44.9 Å². The summed E-state index contributed by atoms with van der Waals surface area (Å²) in [5, 5.41) is 0. The number of rotatable bonds is 2. The van der Waals surface area contributed by atoms with E-state index in [1.165, 1.54) is 39.2 Å². The summed E-state index contributed by atoms with van der Waals surface area (Å²) < 4.78 is 4.73. The first-order valence-corrected chi connectivity index (χ1v) is 6.03. The maximum atomic E-state index is 11.4. The van der Waals surface area contributed by atoms with E-state index in [1.54, 1.807) is 0 Å². The molecular formula is C12H21NO2. The van der Waals surface area contributed by atoms with Crippen molar-refractivity contribution in [2.45, 2.75) is 50.5 Å². The Morgan fingerprint density at radius 2 is 1.80 bits per heavy atom. The minimum atomic E-state index is -0.656. The molecule has 2 aliphatic rings. The van der Waals surface area contributed by atoms with Crippen molar-refractivity contribution in [2.75, 3.05) is 7.11 Å². The average molecular weight is 211 g/mol. The summed E-state index contributed by atoms with van der Waals surface area (Å²) in [4.78, 5) is 11.4. The summed E-state index contributed by atoms with van der Waals surface area (Å²) in [6.45, 7) is 0. The lowest BCUT2D eigenvalue weighted by Gasteiger charge is -2.47. The van der Waals surface area contributed by atoms with Gasteiger partial charge in [0.2, 0.25) is 0 Å². The molecular weight excluding hydrogens is 190 g/mol. The maximum absolute atomic E-state index is 11.4. The van der Waals surface area contributed by atoms with Crippen LogP contribution < -0.4 is 5.73 Å². The van der Waals surface area contributed by atoms with Gasteiger partial charge >= 0.3 is 5.97 Å². The fourth-order valence-corrected chi connectivity index (χ4v) is 3.18. The first kappa shape index (κ1) is 10.9. The molecule has 0 aromatic heterocycles. The number of carbonyl (C=O) groups excluding carboxylic acids is 1. The van der Waals surface area contributed by atoms with Crippen molar-refractivity contribution in [1.82, 2.24) is 0 Å². The van der Waals surface area contributed by atoms with Crippen LogP contribution >= 0.6 is 0 Å². The molecule has 2 fully saturated rings. The highest BCUT2D eigenvalue weighted by Crippen LogP contribution is 2.45. The van der Waals surface area contributed by atoms with E-state index in [4.69, 9.17) is 10.5 Å². The summed E-state index contributed by atoms with van der Waals surface area (Å²) in [5.74, 6) is 1.27. The standard InChI is InChI=1S/C12H21NO2/c1-15-11(14)12(13)7-10(8-12)9-5-3-2-4-6-9/h9-10H,2-8,13H2,1H3. The first-order chi connectivity index (χ1) is 7.15. The van der Waals surface area contributed by atoms with Crippen LogP contribution in [0.4, 0.5) is 0 Å². The van der Waals surface area contributed by atoms with E-state index in [2.05, 4.69) is 0 Å². The smallest absolute Gasteiger partial charge is 0.325 e. The molecule has 0 unspecified atom stereocenters. The third-order valence-corrected chi connectivity index (χ3v) is 4.16. The number of methoxy groups -OCH3 is 1.